The van der Waals surface area contributed by atoms with E-state index in [1.165, 1.54) is 19.9 Å². The molecule has 1 saturated heterocycles. The second-order valence-corrected chi connectivity index (χ2v) is 9.06. The van der Waals surface area contributed by atoms with Crippen LogP contribution in [0.4, 0.5) is 19.0 Å². The van der Waals surface area contributed by atoms with Crippen molar-refractivity contribution in [2.24, 2.45) is 12.0 Å². The summed E-state index contributed by atoms with van der Waals surface area (Å²) in [5.74, 6) is 1.06. The smallest absolute Gasteiger partial charge is 0.372 e. The van der Waals surface area contributed by atoms with Gasteiger partial charge in [-0.05, 0) is 44.0 Å². The van der Waals surface area contributed by atoms with E-state index in [1.807, 2.05) is 18.5 Å². The highest BCUT2D eigenvalue weighted by atomic mass is 19.4. The molecule has 0 saturated carbocycles. The fourth-order valence-electron chi connectivity index (χ4n) is 4.59. The minimum absolute atomic E-state index is 0.105. The number of nitrogens with zero attached hydrogens (tertiary/aromatic N) is 6. The van der Waals surface area contributed by atoms with Crippen molar-refractivity contribution < 1.29 is 23.1 Å². The van der Waals surface area contributed by atoms with E-state index in [2.05, 4.69) is 9.97 Å². The quantitative estimate of drug-likeness (QED) is 0.594. The van der Waals surface area contributed by atoms with Gasteiger partial charge in [0, 0.05) is 32.4 Å². The Balaban J connectivity index is 1.81. The van der Waals surface area contributed by atoms with Crippen LogP contribution in [0, 0.1) is 13.8 Å². The van der Waals surface area contributed by atoms with E-state index in [0.29, 0.717) is 41.2 Å². The summed E-state index contributed by atoms with van der Waals surface area (Å²) in [7, 11) is 1.84. The Labute approximate surface area is 206 Å². The third-order valence-electron chi connectivity index (χ3n) is 6.76. The molecule has 1 aliphatic rings. The number of aliphatic hydroxyl groups is 1. The van der Waals surface area contributed by atoms with Crippen molar-refractivity contribution >= 4 is 22.6 Å². The minimum atomic E-state index is -4.45. The van der Waals surface area contributed by atoms with Crippen molar-refractivity contribution in [1.82, 2.24) is 19.4 Å². The lowest BCUT2D eigenvalue weighted by Gasteiger charge is -2.39. The topological polar surface area (TPSA) is 86.9 Å². The van der Waals surface area contributed by atoms with Gasteiger partial charge in [0.05, 0.1) is 29.9 Å². The zero-order valence-corrected chi connectivity index (χ0v) is 20.8. The average Bonchev–Trinajstić information content (AvgIpc) is 2.81. The first-order chi connectivity index (χ1) is 16.9. The molecule has 0 bridgehead atoms. The van der Waals surface area contributed by atoms with E-state index in [1.54, 1.807) is 35.1 Å². The zero-order valence-electron chi connectivity index (χ0n) is 20.8. The van der Waals surface area contributed by atoms with Crippen LogP contribution in [0.1, 0.15) is 42.4 Å². The molecular formula is C25H29F3N6O2. The lowest BCUT2D eigenvalue weighted by atomic mass is 9.97. The van der Waals surface area contributed by atoms with Crippen molar-refractivity contribution in [1.29, 1.82) is 0 Å². The second-order valence-electron chi connectivity index (χ2n) is 9.06. The van der Waals surface area contributed by atoms with Crippen LogP contribution in [0.5, 0.6) is 0 Å². The summed E-state index contributed by atoms with van der Waals surface area (Å²) < 4.78 is 42.2. The third-order valence-corrected chi connectivity index (χ3v) is 6.76. The number of hydrogen-bond acceptors (Lipinski definition) is 6. The fraction of sp³-hybridized carbons (Fsp3) is 0.440. The number of carbonyl (C=O) groups excluding carboxylic acids is 1. The van der Waals surface area contributed by atoms with E-state index < -0.39 is 24.0 Å². The number of anilines is 1. The average molecular weight is 503 g/mol. The minimum Gasteiger partial charge on any atom is -0.372 e. The van der Waals surface area contributed by atoms with Gasteiger partial charge >= 0.3 is 6.18 Å². The molecule has 1 unspecified atom stereocenters. The van der Waals surface area contributed by atoms with Gasteiger partial charge in [-0.25, -0.2) is 9.97 Å². The molecule has 36 heavy (non-hydrogen) atoms. The molecule has 4 rings (SSSR count). The molecule has 1 fully saturated rings. The van der Waals surface area contributed by atoms with E-state index in [-0.39, 0.29) is 18.0 Å². The van der Waals surface area contributed by atoms with Crippen molar-refractivity contribution in [2.75, 3.05) is 24.5 Å². The normalized spacial score (nSPS) is 18.1. The molecule has 2 aromatic heterocycles. The van der Waals surface area contributed by atoms with Gasteiger partial charge in [0.15, 0.2) is 5.49 Å². The molecule has 0 radical (unpaired) electrons. The molecule has 1 aliphatic heterocycles. The number of pyridine rings is 1. The number of fused-ring (bicyclic) bond motifs is 1. The van der Waals surface area contributed by atoms with Crippen molar-refractivity contribution in [3.8, 4) is 0 Å². The number of rotatable bonds is 3. The Bertz CT molecular complexity index is 1380. The van der Waals surface area contributed by atoms with Crippen LogP contribution in [0.25, 0.3) is 10.9 Å². The first kappa shape index (κ1) is 25.6. The van der Waals surface area contributed by atoms with Gasteiger partial charge in [-0.2, -0.15) is 13.2 Å². The first-order valence-electron chi connectivity index (χ1n) is 11.6. The summed E-state index contributed by atoms with van der Waals surface area (Å²) in [6, 6.07) is 5.30. The van der Waals surface area contributed by atoms with E-state index in [0.717, 1.165) is 11.6 Å². The molecule has 3 heterocycles. The van der Waals surface area contributed by atoms with Gasteiger partial charge < -0.3 is 19.5 Å². The second kappa shape index (κ2) is 9.53. The number of aliphatic hydroxyl groups excluding tert-OH is 1. The van der Waals surface area contributed by atoms with Crippen molar-refractivity contribution in [3.63, 3.8) is 0 Å². The molecule has 1 amide bonds. The van der Waals surface area contributed by atoms with Crippen LogP contribution in [0.15, 0.2) is 35.5 Å². The SMILES string of the molecule is CC(=O)N1CCN(c2cc3c(=N[C@H](C)c4cccc(C(F)(F)F)c4C)nc(C)n(C)c3cn2)C(O)C1. The van der Waals surface area contributed by atoms with Crippen molar-refractivity contribution in [3.05, 3.63) is 58.5 Å². The van der Waals surface area contributed by atoms with E-state index in [4.69, 9.17) is 4.99 Å². The molecular weight excluding hydrogens is 473 g/mol. The van der Waals surface area contributed by atoms with E-state index in [9.17, 15) is 23.1 Å². The highest BCUT2D eigenvalue weighted by Gasteiger charge is 2.33. The molecule has 1 aromatic carbocycles. The lowest BCUT2D eigenvalue weighted by molar-refractivity contribution is -0.138. The largest absolute Gasteiger partial charge is 0.416 e. The van der Waals surface area contributed by atoms with Crippen molar-refractivity contribution in [2.45, 2.75) is 46.1 Å². The van der Waals surface area contributed by atoms with Crippen LogP contribution >= 0.6 is 0 Å². The maximum atomic E-state index is 13.4. The summed E-state index contributed by atoms with van der Waals surface area (Å²) in [5, 5.41) is 11.3. The summed E-state index contributed by atoms with van der Waals surface area (Å²) in [6.07, 6.45) is -3.70. The standard InChI is InChI=1S/C25H29F3N6O2/c1-14-18(7-6-8-20(14)25(26,27)28)15(2)30-24-19-11-22(29-12-21(19)32(5)16(3)31-24)34-10-9-33(17(4)35)13-23(34)36/h6-8,11-12,15,23,36H,9-10,13H2,1-5H3/t15-,23?/m1/s1. The summed E-state index contributed by atoms with van der Waals surface area (Å²) >= 11 is 0. The number of halogens is 3. The number of β-amino-alcohol motifs (C(OH)–C–C–N with tert-alkyl or cyclic N) is 1. The highest BCUT2D eigenvalue weighted by molar-refractivity contribution is 5.80. The molecule has 1 N–H and O–H groups in total. The van der Waals surface area contributed by atoms with Gasteiger partial charge in [0.2, 0.25) is 5.91 Å². The maximum Gasteiger partial charge on any atom is 0.416 e. The molecule has 3 aromatic rings. The Morgan fingerprint density at radius 2 is 1.97 bits per heavy atom. The Kier molecular flexibility index (Phi) is 6.78. The summed E-state index contributed by atoms with van der Waals surface area (Å²) in [4.78, 5) is 28.9. The van der Waals surface area contributed by atoms with Gasteiger partial charge in [0.25, 0.3) is 0 Å². The Morgan fingerprint density at radius 1 is 1.25 bits per heavy atom. The van der Waals surface area contributed by atoms with Gasteiger partial charge in [0.1, 0.15) is 17.9 Å². The van der Waals surface area contributed by atoms with Gasteiger partial charge in [-0.1, -0.05) is 12.1 Å². The fourth-order valence-corrected chi connectivity index (χ4v) is 4.59. The number of aryl methyl sites for hydroxylation is 2. The summed E-state index contributed by atoms with van der Waals surface area (Å²) in [5.41, 5.74) is 1.05. The predicted octanol–water partition coefficient (Wildman–Crippen LogP) is 3.25. The van der Waals surface area contributed by atoms with Crippen LogP contribution in [-0.4, -0.2) is 56.3 Å². The van der Waals surface area contributed by atoms with Crippen LogP contribution in [0.2, 0.25) is 0 Å². The monoisotopic (exact) mass is 502 g/mol. The van der Waals surface area contributed by atoms with Crippen LogP contribution in [-0.2, 0) is 18.0 Å². The van der Waals surface area contributed by atoms with Gasteiger partial charge in [-0.3, -0.25) is 9.79 Å². The number of amides is 1. The number of benzene rings is 1. The predicted molar refractivity (Wildman–Crippen MR) is 129 cm³/mol. The highest BCUT2D eigenvalue weighted by Crippen LogP contribution is 2.35. The van der Waals surface area contributed by atoms with E-state index >= 15 is 0 Å². The molecule has 2 atom stereocenters. The number of alkyl halides is 3. The molecule has 0 spiro atoms. The Hall–Kier alpha value is -3.47. The third kappa shape index (κ3) is 4.79. The van der Waals surface area contributed by atoms with Gasteiger partial charge in [-0.15, -0.1) is 0 Å². The zero-order chi connectivity index (χ0) is 26.4. The molecule has 192 valence electrons. The number of hydrogen-bond donors (Lipinski definition) is 1. The lowest BCUT2D eigenvalue weighted by Crippen LogP contribution is -2.54. The summed E-state index contributed by atoms with van der Waals surface area (Å²) in [6.45, 7) is 7.49. The van der Waals surface area contributed by atoms with Crippen LogP contribution < -0.4 is 10.4 Å². The number of piperazine rings is 1. The molecule has 0 aliphatic carbocycles. The first-order valence-corrected chi connectivity index (χ1v) is 11.6. The number of aromatic nitrogens is 3. The van der Waals surface area contributed by atoms with Crippen LogP contribution in [0.3, 0.4) is 0 Å². The molecule has 8 nitrogen and oxygen atoms in total. The Morgan fingerprint density at radius 3 is 2.61 bits per heavy atom. The number of carbonyl (C=O) groups is 1. The maximum absolute atomic E-state index is 13.4. The molecule has 11 heteroatoms.